The summed E-state index contributed by atoms with van der Waals surface area (Å²) < 4.78 is 27.9. The predicted octanol–water partition coefficient (Wildman–Crippen LogP) is 3.29. The highest BCUT2D eigenvalue weighted by Crippen LogP contribution is 2.30. The predicted molar refractivity (Wildman–Crippen MR) is 70.8 cm³/mol. The lowest BCUT2D eigenvalue weighted by atomic mass is 9.92. The molecule has 1 aliphatic carbocycles. The first-order valence-electron chi connectivity index (χ1n) is 6.22. The maximum atomic E-state index is 13.9. The Morgan fingerprint density at radius 1 is 1.33 bits per heavy atom. The Morgan fingerprint density at radius 2 is 2.00 bits per heavy atom. The lowest BCUT2D eigenvalue weighted by Gasteiger charge is -2.23. The second-order valence-electron chi connectivity index (χ2n) is 4.84. The van der Waals surface area contributed by atoms with Crippen molar-refractivity contribution in [1.82, 2.24) is 5.43 Å². The van der Waals surface area contributed by atoms with Crippen LogP contribution in [0.15, 0.2) is 16.6 Å². The van der Waals surface area contributed by atoms with E-state index in [2.05, 4.69) is 21.4 Å². The normalized spacial score (nSPS) is 18.2. The summed E-state index contributed by atoms with van der Waals surface area (Å²) in [5.74, 6) is 4.92. The molecule has 1 saturated carbocycles. The van der Waals surface area contributed by atoms with Crippen LogP contribution in [0.3, 0.4) is 0 Å². The second kappa shape index (κ2) is 6.08. The number of nitrogens with one attached hydrogen (secondary N) is 1. The van der Waals surface area contributed by atoms with Gasteiger partial charge in [0, 0.05) is 11.6 Å². The number of hydrazine groups is 1. The summed E-state index contributed by atoms with van der Waals surface area (Å²) in [5.41, 5.74) is 2.83. The molecule has 1 atom stereocenters. The van der Waals surface area contributed by atoms with Gasteiger partial charge in [0.1, 0.15) is 11.6 Å². The third-order valence-corrected chi connectivity index (χ3v) is 4.36. The highest BCUT2D eigenvalue weighted by molar-refractivity contribution is 9.10. The molecule has 0 aliphatic heterocycles. The SMILES string of the molecule is NNC(Cc1c(F)ccc(Br)c1F)C1CCCC1. The van der Waals surface area contributed by atoms with Gasteiger partial charge in [-0.1, -0.05) is 12.8 Å². The van der Waals surface area contributed by atoms with Crippen molar-refractivity contribution >= 4 is 15.9 Å². The Hall–Kier alpha value is -0.520. The maximum absolute atomic E-state index is 13.9. The number of hydrogen-bond donors (Lipinski definition) is 2. The molecule has 100 valence electrons. The van der Waals surface area contributed by atoms with Crippen molar-refractivity contribution in [2.75, 3.05) is 0 Å². The van der Waals surface area contributed by atoms with Gasteiger partial charge in [0.05, 0.1) is 4.47 Å². The second-order valence-corrected chi connectivity index (χ2v) is 5.70. The number of nitrogens with two attached hydrogens (primary N) is 1. The van der Waals surface area contributed by atoms with Gasteiger partial charge in [0.2, 0.25) is 0 Å². The first kappa shape index (κ1) is 13.9. The minimum absolute atomic E-state index is 0.0641. The molecule has 5 heteroatoms. The summed E-state index contributed by atoms with van der Waals surface area (Å²) in [7, 11) is 0. The smallest absolute Gasteiger partial charge is 0.143 e. The summed E-state index contributed by atoms with van der Waals surface area (Å²) in [5, 5.41) is 0. The van der Waals surface area contributed by atoms with E-state index in [4.69, 9.17) is 5.84 Å². The van der Waals surface area contributed by atoms with E-state index in [1.165, 1.54) is 25.0 Å². The third-order valence-electron chi connectivity index (χ3n) is 3.75. The Balaban J connectivity index is 2.18. The molecule has 1 aromatic rings. The van der Waals surface area contributed by atoms with E-state index in [1.54, 1.807) is 0 Å². The molecular formula is C13H17BrF2N2. The van der Waals surface area contributed by atoms with E-state index in [0.717, 1.165) is 12.8 Å². The van der Waals surface area contributed by atoms with Gasteiger partial charge in [-0.15, -0.1) is 0 Å². The van der Waals surface area contributed by atoms with Crippen molar-refractivity contribution < 1.29 is 8.78 Å². The average molecular weight is 319 g/mol. The van der Waals surface area contributed by atoms with E-state index in [-0.39, 0.29) is 18.0 Å². The molecule has 0 radical (unpaired) electrons. The number of hydrogen-bond acceptors (Lipinski definition) is 2. The monoisotopic (exact) mass is 318 g/mol. The van der Waals surface area contributed by atoms with Gasteiger partial charge in [-0.2, -0.15) is 0 Å². The topological polar surface area (TPSA) is 38.0 Å². The lowest BCUT2D eigenvalue weighted by molar-refractivity contribution is 0.353. The van der Waals surface area contributed by atoms with Gasteiger partial charge >= 0.3 is 0 Å². The van der Waals surface area contributed by atoms with E-state index < -0.39 is 11.6 Å². The van der Waals surface area contributed by atoms with Gasteiger partial charge in [-0.25, -0.2) is 8.78 Å². The minimum Gasteiger partial charge on any atom is -0.271 e. The van der Waals surface area contributed by atoms with Gasteiger partial charge in [-0.05, 0) is 53.2 Å². The fraction of sp³-hybridized carbons (Fsp3) is 0.538. The summed E-state index contributed by atoms with van der Waals surface area (Å²) >= 11 is 3.08. The molecule has 2 rings (SSSR count). The molecule has 18 heavy (non-hydrogen) atoms. The van der Waals surface area contributed by atoms with Crippen LogP contribution >= 0.6 is 15.9 Å². The van der Waals surface area contributed by atoms with Gasteiger partial charge in [-0.3, -0.25) is 11.3 Å². The fourth-order valence-corrected chi connectivity index (χ4v) is 3.07. The van der Waals surface area contributed by atoms with Crippen LogP contribution in [0.1, 0.15) is 31.2 Å². The number of rotatable bonds is 4. The molecule has 2 nitrogen and oxygen atoms in total. The summed E-state index contributed by atoms with van der Waals surface area (Å²) in [6.07, 6.45) is 4.79. The molecule has 3 N–H and O–H groups in total. The van der Waals surface area contributed by atoms with Crippen LogP contribution in [0.5, 0.6) is 0 Å². The molecule has 1 aromatic carbocycles. The lowest BCUT2D eigenvalue weighted by Crippen LogP contribution is -2.42. The molecule has 0 saturated heterocycles. The zero-order chi connectivity index (χ0) is 13.1. The average Bonchev–Trinajstić information content (AvgIpc) is 2.88. The Labute approximate surface area is 114 Å². The van der Waals surface area contributed by atoms with E-state index in [1.807, 2.05) is 0 Å². The first-order valence-corrected chi connectivity index (χ1v) is 7.01. The minimum atomic E-state index is -0.520. The quantitative estimate of drug-likeness (QED) is 0.508. The zero-order valence-electron chi connectivity index (χ0n) is 10.1. The van der Waals surface area contributed by atoms with Crippen molar-refractivity contribution in [3.63, 3.8) is 0 Å². The van der Waals surface area contributed by atoms with Crippen molar-refractivity contribution in [1.29, 1.82) is 0 Å². The van der Waals surface area contributed by atoms with E-state index in [9.17, 15) is 8.78 Å². The van der Waals surface area contributed by atoms with E-state index in [0.29, 0.717) is 10.4 Å². The molecule has 0 spiro atoms. The largest absolute Gasteiger partial charge is 0.271 e. The molecule has 1 aliphatic rings. The first-order chi connectivity index (χ1) is 8.63. The van der Waals surface area contributed by atoms with Crippen LogP contribution in [-0.2, 0) is 6.42 Å². The molecule has 0 amide bonds. The van der Waals surface area contributed by atoms with Crippen LogP contribution in [0.25, 0.3) is 0 Å². The molecule has 1 fully saturated rings. The standard InChI is InChI=1S/C13H17BrF2N2/c14-10-5-6-11(15)9(13(10)16)7-12(18-17)8-3-1-2-4-8/h5-6,8,12,18H,1-4,7,17H2. The van der Waals surface area contributed by atoms with Crippen molar-refractivity contribution in [3.05, 3.63) is 33.8 Å². The van der Waals surface area contributed by atoms with Crippen LogP contribution in [0.4, 0.5) is 8.78 Å². The molecule has 0 bridgehead atoms. The third kappa shape index (κ3) is 2.90. The van der Waals surface area contributed by atoms with Crippen molar-refractivity contribution in [2.45, 2.75) is 38.1 Å². The molecule has 0 aromatic heterocycles. The molecular weight excluding hydrogens is 302 g/mol. The van der Waals surface area contributed by atoms with E-state index >= 15 is 0 Å². The Morgan fingerprint density at radius 3 is 2.61 bits per heavy atom. The summed E-state index contributed by atoms with van der Waals surface area (Å²) in [6, 6.07) is 2.60. The molecule has 1 unspecified atom stereocenters. The highest BCUT2D eigenvalue weighted by atomic mass is 79.9. The van der Waals surface area contributed by atoms with Crippen LogP contribution in [-0.4, -0.2) is 6.04 Å². The number of benzene rings is 1. The Bertz CT molecular complexity index is 420. The summed E-state index contributed by atoms with van der Waals surface area (Å²) in [6.45, 7) is 0. The van der Waals surface area contributed by atoms with Crippen LogP contribution in [0, 0.1) is 17.6 Å². The summed E-state index contributed by atoms with van der Waals surface area (Å²) in [4.78, 5) is 0. The Kier molecular flexibility index (Phi) is 4.70. The van der Waals surface area contributed by atoms with Gasteiger partial charge < -0.3 is 0 Å². The molecule has 0 heterocycles. The fourth-order valence-electron chi connectivity index (χ4n) is 2.70. The van der Waals surface area contributed by atoms with Crippen LogP contribution < -0.4 is 11.3 Å². The van der Waals surface area contributed by atoms with Crippen molar-refractivity contribution in [2.24, 2.45) is 11.8 Å². The van der Waals surface area contributed by atoms with Gasteiger partial charge in [0.15, 0.2) is 0 Å². The highest BCUT2D eigenvalue weighted by Gasteiger charge is 2.26. The van der Waals surface area contributed by atoms with Crippen molar-refractivity contribution in [3.8, 4) is 0 Å². The maximum Gasteiger partial charge on any atom is 0.143 e. The van der Waals surface area contributed by atoms with Gasteiger partial charge in [0.25, 0.3) is 0 Å². The van der Waals surface area contributed by atoms with Crippen LogP contribution in [0.2, 0.25) is 0 Å². The zero-order valence-corrected chi connectivity index (χ0v) is 11.6. The number of halogens is 3.